The van der Waals surface area contributed by atoms with E-state index in [-0.39, 0.29) is 0 Å². The minimum Gasteiger partial charge on any atom is -0.135 e. The molecule has 43 heavy (non-hydrogen) atoms. The van der Waals surface area contributed by atoms with Gasteiger partial charge in [0.2, 0.25) is 0 Å². The molecule has 0 radical (unpaired) electrons. The van der Waals surface area contributed by atoms with Crippen molar-refractivity contribution < 1.29 is 0 Å². The SMILES string of the molecule is c1ccc(-c2ccccc2-c2nnnc(-c3ccccc3-c3cccc4sc5ccccc5c34)c2-c2ccccc2)cc1. The van der Waals surface area contributed by atoms with Crippen molar-refractivity contribution in [3.8, 4) is 55.9 Å². The molecule has 0 atom stereocenters. The first-order valence-corrected chi connectivity index (χ1v) is 15.1. The van der Waals surface area contributed by atoms with Gasteiger partial charge in [0.1, 0.15) is 11.4 Å². The van der Waals surface area contributed by atoms with Crippen LogP contribution in [0.1, 0.15) is 0 Å². The Morgan fingerprint density at radius 1 is 0.372 bits per heavy atom. The fourth-order valence-electron chi connectivity index (χ4n) is 6.06. The summed E-state index contributed by atoms with van der Waals surface area (Å²) < 4.78 is 2.56. The van der Waals surface area contributed by atoms with E-state index >= 15 is 0 Å². The van der Waals surface area contributed by atoms with Crippen LogP contribution in [0.25, 0.3) is 76.1 Å². The van der Waals surface area contributed by atoms with E-state index in [4.69, 9.17) is 10.2 Å². The molecule has 202 valence electrons. The molecule has 0 aliphatic rings. The Morgan fingerprint density at radius 2 is 0.884 bits per heavy atom. The molecule has 0 bridgehead atoms. The van der Waals surface area contributed by atoms with Crippen molar-refractivity contribution in [3.63, 3.8) is 0 Å². The second-order valence-electron chi connectivity index (χ2n) is 10.5. The Balaban J connectivity index is 1.42. The van der Waals surface area contributed by atoms with Crippen LogP contribution in [0.5, 0.6) is 0 Å². The minimum absolute atomic E-state index is 0.810. The lowest BCUT2D eigenvalue weighted by Gasteiger charge is -2.17. The molecule has 0 unspecified atom stereocenters. The van der Waals surface area contributed by atoms with E-state index in [2.05, 4.69) is 145 Å². The quantitative estimate of drug-likeness (QED) is 0.208. The van der Waals surface area contributed by atoms with Crippen LogP contribution in [0, 0.1) is 0 Å². The molecule has 8 rings (SSSR count). The number of fused-ring (bicyclic) bond motifs is 3. The Morgan fingerprint density at radius 3 is 1.60 bits per heavy atom. The predicted molar refractivity (Wildman–Crippen MR) is 180 cm³/mol. The Kier molecular flexibility index (Phi) is 6.32. The molecule has 2 heterocycles. The molecule has 0 saturated carbocycles. The Hall–Kier alpha value is -5.45. The van der Waals surface area contributed by atoms with Crippen LogP contribution in [-0.2, 0) is 0 Å². The van der Waals surface area contributed by atoms with Crippen molar-refractivity contribution in [2.24, 2.45) is 0 Å². The maximum atomic E-state index is 4.77. The summed E-state index contributed by atoms with van der Waals surface area (Å²) in [6, 6.07) is 53.1. The highest BCUT2D eigenvalue weighted by molar-refractivity contribution is 7.25. The first-order chi connectivity index (χ1) is 21.4. The maximum Gasteiger partial charge on any atom is 0.105 e. The molecular weight excluding hydrogens is 543 g/mol. The van der Waals surface area contributed by atoms with E-state index in [0.29, 0.717) is 0 Å². The monoisotopic (exact) mass is 567 g/mol. The van der Waals surface area contributed by atoms with Gasteiger partial charge in [0.05, 0.1) is 0 Å². The number of hydrogen-bond acceptors (Lipinski definition) is 4. The summed E-state index contributed by atoms with van der Waals surface area (Å²) in [7, 11) is 0. The Labute approximate surface area is 253 Å². The lowest BCUT2D eigenvalue weighted by molar-refractivity contribution is 0.879. The highest BCUT2D eigenvalue weighted by Gasteiger charge is 2.23. The molecule has 4 heteroatoms. The first kappa shape index (κ1) is 25.3. The molecule has 8 aromatic rings. The molecule has 0 aliphatic heterocycles. The van der Waals surface area contributed by atoms with E-state index in [0.717, 1.165) is 50.3 Å². The molecule has 0 N–H and O–H groups in total. The van der Waals surface area contributed by atoms with E-state index in [1.54, 1.807) is 0 Å². The summed E-state index contributed by atoms with van der Waals surface area (Å²) in [5, 5.41) is 16.4. The van der Waals surface area contributed by atoms with E-state index in [1.165, 1.54) is 25.7 Å². The van der Waals surface area contributed by atoms with Gasteiger partial charge in [0, 0.05) is 36.9 Å². The van der Waals surface area contributed by atoms with Crippen LogP contribution in [0.3, 0.4) is 0 Å². The van der Waals surface area contributed by atoms with Crippen LogP contribution >= 0.6 is 11.3 Å². The van der Waals surface area contributed by atoms with Crippen molar-refractivity contribution in [1.82, 2.24) is 15.4 Å². The van der Waals surface area contributed by atoms with Gasteiger partial charge < -0.3 is 0 Å². The third-order valence-electron chi connectivity index (χ3n) is 7.97. The topological polar surface area (TPSA) is 38.7 Å². The summed E-state index contributed by atoms with van der Waals surface area (Å²) in [6.45, 7) is 0. The van der Waals surface area contributed by atoms with Crippen LogP contribution in [0.15, 0.2) is 152 Å². The maximum absolute atomic E-state index is 4.77. The van der Waals surface area contributed by atoms with Crippen LogP contribution in [0.4, 0.5) is 0 Å². The molecule has 0 fully saturated rings. The van der Waals surface area contributed by atoms with Gasteiger partial charge in [-0.05, 0) is 45.2 Å². The van der Waals surface area contributed by atoms with Gasteiger partial charge >= 0.3 is 0 Å². The van der Waals surface area contributed by atoms with Crippen LogP contribution < -0.4 is 0 Å². The first-order valence-electron chi connectivity index (χ1n) is 14.3. The largest absolute Gasteiger partial charge is 0.135 e. The number of rotatable bonds is 5. The van der Waals surface area contributed by atoms with Crippen molar-refractivity contribution >= 4 is 31.5 Å². The number of benzene rings is 6. The van der Waals surface area contributed by atoms with E-state index in [9.17, 15) is 0 Å². The summed E-state index contributed by atoms with van der Waals surface area (Å²) >= 11 is 1.83. The lowest BCUT2D eigenvalue weighted by Crippen LogP contribution is -2.02. The molecule has 6 aromatic carbocycles. The van der Waals surface area contributed by atoms with Crippen LogP contribution in [0.2, 0.25) is 0 Å². The zero-order chi connectivity index (χ0) is 28.6. The zero-order valence-corrected chi connectivity index (χ0v) is 24.0. The van der Waals surface area contributed by atoms with Crippen LogP contribution in [-0.4, -0.2) is 15.4 Å². The fraction of sp³-hybridized carbons (Fsp3) is 0. The van der Waals surface area contributed by atoms with Gasteiger partial charge in [-0.15, -0.1) is 21.5 Å². The van der Waals surface area contributed by atoms with Gasteiger partial charge in [-0.3, -0.25) is 0 Å². The number of hydrogen-bond donors (Lipinski definition) is 0. The number of thiophene rings is 1. The average Bonchev–Trinajstić information content (AvgIpc) is 3.48. The average molecular weight is 568 g/mol. The molecule has 0 saturated heterocycles. The summed E-state index contributed by atoms with van der Waals surface area (Å²) in [6.07, 6.45) is 0. The van der Waals surface area contributed by atoms with Crippen molar-refractivity contribution in [1.29, 1.82) is 0 Å². The third-order valence-corrected chi connectivity index (χ3v) is 9.10. The standard InChI is InChI=1S/C39H25N3S/c1-3-14-26(15-4-1)28-18-7-9-20-31(28)38-36(27-16-5-2-6-17-27)39(41-42-40-38)32-21-10-8-19-29(32)30-23-13-25-35-37(30)33-22-11-12-24-34(33)43-35/h1-25H. The molecule has 0 amide bonds. The number of nitrogens with zero attached hydrogens (tertiary/aromatic N) is 3. The number of aromatic nitrogens is 3. The summed E-state index contributed by atoms with van der Waals surface area (Å²) in [4.78, 5) is 0. The smallest absolute Gasteiger partial charge is 0.105 e. The molecule has 0 aliphatic carbocycles. The molecule has 2 aromatic heterocycles. The highest BCUT2D eigenvalue weighted by atomic mass is 32.1. The van der Waals surface area contributed by atoms with Gasteiger partial charge in [0.15, 0.2) is 0 Å². The van der Waals surface area contributed by atoms with Crippen molar-refractivity contribution in [2.75, 3.05) is 0 Å². The third kappa shape index (κ3) is 4.40. The van der Waals surface area contributed by atoms with Gasteiger partial charge in [-0.2, -0.15) is 0 Å². The molecule has 0 spiro atoms. The fourth-order valence-corrected chi connectivity index (χ4v) is 7.19. The zero-order valence-electron chi connectivity index (χ0n) is 23.2. The lowest BCUT2D eigenvalue weighted by atomic mass is 9.88. The highest BCUT2D eigenvalue weighted by Crippen LogP contribution is 2.46. The predicted octanol–water partition coefficient (Wildman–Crippen LogP) is 10.6. The van der Waals surface area contributed by atoms with E-state index in [1.807, 2.05) is 23.5 Å². The minimum atomic E-state index is 0.810. The summed E-state index contributed by atoms with van der Waals surface area (Å²) in [5.74, 6) is 0. The second kappa shape index (κ2) is 10.8. The molecule has 3 nitrogen and oxygen atoms in total. The normalized spacial score (nSPS) is 11.3. The van der Waals surface area contributed by atoms with Crippen molar-refractivity contribution in [3.05, 3.63) is 152 Å². The van der Waals surface area contributed by atoms with Gasteiger partial charge in [-0.25, -0.2) is 0 Å². The van der Waals surface area contributed by atoms with Gasteiger partial charge in [-0.1, -0.05) is 140 Å². The second-order valence-corrected chi connectivity index (χ2v) is 11.5. The van der Waals surface area contributed by atoms with Gasteiger partial charge in [0.25, 0.3) is 0 Å². The van der Waals surface area contributed by atoms with E-state index < -0.39 is 0 Å². The summed E-state index contributed by atoms with van der Waals surface area (Å²) in [5.41, 5.74) is 10.2. The Bertz CT molecular complexity index is 2240. The molecular formula is C39H25N3S. The van der Waals surface area contributed by atoms with Crippen molar-refractivity contribution in [2.45, 2.75) is 0 Å².